The summed E-state index contributed by atoms with van der Waals surface area (Å²) in [4.78, 5) is 19.1. The van der Waals surface area contributed by atoms with Crippen molar-refractivity contribution < 1.29 is 0 Å². The Kier molecular flexibility index (Phi) is 5.29. The van der Waals surface area contributed by atoms with Crippen molar-refractivity contribution in [3.05, 3.63) is 90.3 Å². The highest BCUT2D eigenvalue weighted by molar-refractivity contribution is 6.04. The molecule has 5 rings (SSSR count). The van der Waals surface area contributed by atoms with Crippen LogP contribution < -0.4 is 0 Å². The Balaban J connectivity index is 1.53. The van der Waals surface area contributed by atoms with Crippen molar-refractivity contribution in [2.75, 3.05) is 0 Å². The summed E-state index contributed by atoms with van der Waals surface area (Å²) in [7, 11) is 6.44. The molecule has 0 aliphatic carbocycles. The van der Waals surface area contributed by atoms with Crippen molar-refractivity contribution >= 4 is 13.6 Å². The zero-order chi connectivity index (χ0) is 22.1. The van der Waals surface area contributed by atoms with Crippen LogP contribution in [0.3, 0.4) is 0 Å². The number of hydrogen-bond donors (Lipinski definition) is 1. The summed E-state index contributed by atoms with van der Waals surface area (Å²) in [5.74, 6) is 0.766. The maximum atomic E-state index is 6.44. The van der Waals surface area contributed by atoms with Gasteiger partial charge in [-0.1, -0.05) is 36.4 Å². The van der Waals surface area contributed by atoms with Crippen molar-refractivity contribution in [2.45, 2.75) is 26.4 Å². The summed E-state index contributed by atoms with van der Waals surface area (Å²) in [5, 5.41) is 4.26. The second-order valence-electron chi connectivity index (χ2n) is 7.81. The van der Waals surface area contributed by atoms with Crippen LogP contribution in [0.5, 0.6) is 0 Å². The van der Waals surface area contributed by atoms with Gasteiger partial charge in [0.2, 0.25) is 0 Å². The highest BCUT2D eigenvalue weighted by Gasteiger charge is 2.19. The predicted molar refractivity (Wildman–Crippen MR) is 125 cm³/mol. The van der Waals surface area contributed by atoms with Gasteiger partial charge in [-0.3, -0.25) is 4.98 Å². The van der Waals surface area contributed by atoms with Gasteiger partial charge in [0.05, 0.1) is 17.1 Å². The summed E-state index contributed by atoms with van der Waals surface area (Å²) in [6.45, 7) is 4.52. The number of imidazole rings is 1. The van der Waals surface area contributed by atoms with Crippen molar-refractivity contribution in [1.82, 2.24) is 34.4 Å². The summed E-state index contributed by atoms with van der Waals surface area (Å²) in [5.41, 5.74) is 6.28. The molecule has 1 N–H and O–H groups in total. The molecule has 0 spiro atoms. The fourth-order valence-corrected chi connectivity index (χ4v) is 3.76. The molecule has 4 heterocycles. The molecule has 0 aliphatic heterocycles. The molecule has 0 fully saturated rings. The van der Waals surface area contributed by atoms with Crippen LogP contribution in [-0.2, 0) is 6.54 Å². The Morgan fingerprint density at radius 1 is 1.03 bits per heavy atom. The Hall–Kier alpha value is -3.78. The number of aromatic amines is 1. The topological polar surface area (TPSA) is 75.0 Å². The number of rotatable bonds is 6. The number of nitrogens with zero attached hydrogens (tertiary/aromatic N) is 6. The standard InChI is InChI=1S/C24H22BN7/c1-16-7-6-10-20(28-16)24-23(19-11-12-22-26-15-27-32(22)13-19)29-21(30-24)14-31(25)17(2)18-8-4-3-5-9-18/h3-13,15,17H,14H2,1-2H3,(H,29,30)/t17-/m0/s1. The highest BCUT2D eigenvalue weighted by atomic mass is 15.3. The molecule has 1 atom stereocenters. The van der Waals surface area contributed by atoms with Gasteiger partial charge in [0.25, 0.3) is 0 Å². The Morgan fingerprint density at radius 3 is 2.69 bits per heavy atom. The molecule has 0 saturated carbocycles. The number of H-pyrrole nitrogens is 1. The number of fused-ring (bicyclic) bond motifs is 1. The normalized spacial score (nSPS) is 12.5. The van der Waals surface area contributed by atoms with E-state index in [0.29, 0.717) is 6.54 Å². The van der Waals surface area contributed by atoms with Gasteiger partial charge in [-0.15, -0.1) is 0 Å². The van der Waals surface area contributed by atoms with Crippen LogP contribution in [0.2, 0.25) is 0 Å². The number of aryl methyl sites for hydroxylation is 1. The number of pyridine rings is 2. The smallest absolute Gasteiger partial charge is 0.183 e. The Bertz CT molecular complexity index is 1360. The van der Waals surface area contributed by atoms with Gasteiger partial charge in [-0.05, 0) is 43.7 Å². The van der Waals surface area contributed by atoms with Gasteiger partial charge in [0.1, 0.15) is 12.2 Å². The van der Waals surface area contributed by atoms with E-state index < -0.39 is 0 Å². The molecule has 4 aromatic heterocycles. The molecular weight excluding hydrogens is 397 g/mol. The maximum absolute atomic E-state index is 6.44. The van der Waals surface area contributed by atoms with Crippen LogP contribution in [0.1, 0.15) is 30.0 Å². The van der Waals surface area contributed by atoms with E-state index in [9.17, 15) is 0 Å². The van der Waals surface area contributed by atoms with E-state index in [1.165, 1.54) is 6.33 Å². The number of hydrogen-bond acceptors (Lipinski definition) is 5. The molecule has 0 saturated heterocycles. The molecule has 0 bridgehead atoms. The molecule has 2 radical (unpaired) electrons. The highest BCUT2D eigenvalue weighted by Crippen LogP contribution is 2.30. The van der Waals surface area contributed by atoms with E-state index in [4.69, 9.17) is 17.9 Å². The number of nitrogens with one attached hydrogen (secondary N) is 1. The van der Waals surface area contributed by atoms with Crippen molar-refractivity contribution in [3.63, 3.8) is 0 Å². The lowest BCUT2D eigenvalue weighted by atomic mass is 10.0. The minimum Gasteiger partial charge on any atom is -0.341 e. The Labute approximate surface area is 187 Å². The molecule has 7 nitrogen and oxygen atoms in total. The molecular formula is C24H22BN7. The second kappa shape index (κ2) is 8.40. The average Bonchev–Trinajstić information content (AvgIpc) is 3.45. The lowest BCUT2D eigenvalue weighted by molar-refractivity contribution is 0.353. The zero-order valence-corrected chi connectivity index (χ0v) is 18.0. The first-order valence-corrected chi connectivity index (χ1v) is 10.5. The van der Waals surface area contributed by atoms with Crippen LogP contribution in [0.4, 0.5) is 0 Å². The predicted octanol–water partition coefficient (Wildman–Crippen LogP) is 4.14. The minimum absolute atomic E-state index is 0.0387. The summed E-state index contributed by atoms with van der Waals surface area (Å²) in [6.07, 6.45) is 3.46. The van der Waals surface area contributed by atoms with Crippen molar-refractivity contribution in [3.8, 4) is 22.6 Å². The number of benzene rings is 1. The van der Waals surface area contributed by atoms with Gasteiger partial charge >= 0.3 is 0 Å². The SMILES string of the molecule is [B]N(Cc1nc(-c2ccc3ncnn3c2)c(-c2cccc(C)n2)[nH]1)[C@@H](C)c1ccccc1. The molecule has 0 aliphatic rings. The third-order valence-electron chi connectivity index (χ3n) is 5.56. The van der Waals surface area contributed by atoms with Crippen molar-refractivity contribution in [2.24, 2.45) is 0 Å². The minimum atomic E-state index is 0.0387. The van der Waals surface area contributed by atoms with Crippen molar-refractivity contribution in [1.29, 1.82) is 0 Å². The summed E-state index contributed by atoms with van der Waals surface area (Å²) in [6, 6.07) is 20.1. The maximum Gasteiger partial charge on any atom is 0.183 e. The molecule has 1 aromatic carbocycles. The molecule has 5 aromatic rings. The van der Waals surface area contributed by atoms with E-state index >= 15 is 0 Å². The van der Waals surface area contributed by atoms with Gasteiger partial charge in [-0.25, -0.2) is 14.5 Å². The van der Waals surface area contributed by atoms with Gasteiger partial charge in [0.15, 0.2) is 13.6 Å². The fourth-order valence-electron chi connectivity index (χ4n) is 3.76. The quantitative estimate of drug-likeness (QED) is 0.419. The third-order valence-corrected chi connectivity index (χ3v) is 5.56. The largest absolute Gasteiger partial charge is 0.341 e. The van der Waals surface area contributed by atoms with Crippen LogP contribution in [-0.4, -0.2) is 42.3 Å². The molecule has 8 heteroatoms. The van der Waals surface area contributed by atoms with Gasteiger partial charge in [0, 0.05) is 30.0 Å². The lowest BCUT2D eigenvalue weighted by Gasteiger charge is -2.24. The van der Waals surface area contributed by atoms with E-state index in [0.717, 1.165) is 45.4 Å². The van der Waals surface area contributed by atoms with Gasteiger partial charge < -0.3 is 9.79 Å². The van der Waals surface area contributed by atoms with Crippen LogP contribution >= 0.6 is 0 Å². The zero-order valence-electron chi connectivity index (χ0n) is 18.0. The second-order valence-corrected chi connectivity index (χ2v) is 7.81. The first kappa shape index (κ1) is 20.1. The monoisotopic (exact) mass is 419 g/mol. The summed E-state index contributed by atoms with van der Waals surface area (Å²) >= 11 is 0. The number of aromatic nitrogens is 6. The molecule has 156 valence electrons. The van der Waals surface area contributed by atoms with Crippen LogP contribution in [0, 0.1) is 6.92 Å². The van der Waals surface area contributed by atoms with Crippen LogP contribution in [0.25, 0.3) is 28.3 Å². The first-order valence-electron chi connectivity index (χ1n) is 10.5. The average molecular weight is 419 g/mol. The Morgan fingerprint density at radius 2 is 1.88 bits per heavy atom. The summed E-state index contributed by atoms with van der Waals surface area (Å²) < 4.78 is 1.74. The lowest BCUT2D eigenvalue weighted by Crippen LogP contribution is -2.24. The van der Waals surface area contributed by atoms with E-state index in [2.05, 4.69) is 34.1 Å². The third kappa shape index (κ3) is 3.92. The van der Waals surface area contributed by atoms with Crippen LogP contribution in [0.15, 0.2) is 73.2 Å². The molecule has 0 amide bonds. The van der Waals surface area contributed by atoms with E-state index in [-0.39, 0.29) is 6.04 Å². The van der Waals surface area contributed by atoms with Gasteiger partial charge in [-0.2, -0.15) is 5.10 Å². The molecule has 32 heavy (non-hydrogen) atoms. The van der Waals surface area contributed by atoms with E-state index in [1.807, 2.05) is 61.7 Å². The first-order chi connectivity index (χ1) is 15.6. The van der Waals surface area contributed by atoms with E-state index in [1.54, 1.807) is 9.33 Å². The molecule has 0 unspecified atom stereocenters. The fraction of sp³-hybridized carbons (Fsp3) is 0.167.